The maximum atomic E-state index is 11.3. The largest absolute Gasteiger partial charge is 0.355 e. The molecular weight excluding hydrogens is 194 g/mol. The van der Waals surface area contributed by atoms with E-state index in [4.69, 9.17) is 0 Å². The van der Waals surface area contributed by atoms with Crippen LogP contribution in [0.4, 0.5) is 0 Å². The van der Waals surface area contributed by atoms with Gasteiger partial charge in [-0.3, -0.25) is 4.79 Å². The minimum Gasteiger partial charge on any atom is -0.355 e. The zero-order chi connectivity index (χ0) is 10.6. The average molecular weight is 215 g/mol. The van der Waals surface area contributed by atoms with Gasteiger partial charge in [0, 0.05) is 6.54 Å². The van der Waals surface area contributed by atoms with Gasteiger partial charge in [-0.1, -0.05) is 26.2 Å². The van der Waals surface area contributed by atoms with Crippen LogP contribution in [0, 0.1) is 11.8 Å². The molecule has 1 fully saturated rings. The zero-order valence-corrected chi connectivity index (χ0v) is 10.0. The maximum absolute atomic E-state index is 11.3. The Bertz CT molecular complexity index is 194. The molecule has 82 valence electrons. The highest BCUT2D eigenvalue weighted by atomic mass is 32.1. The van der Waals surface area contributed by atoms with Gasteiger partial charge in [0.25, 0.3) is 0 Å². The first-order chi connectivity index (χ1) is 6.61. The third kappa shape index (κ3) is 3.52. The Kier molecular flexibility index (Phi) is 4.79. The van der Waals surface area contributed by atoms with Gasteiger partial charge in [-0.05, 0) is 25.2 Å². The topological polar surface area (TPSA) is 29.1 Å². The number of amides is 1. The molecule has 1 aliphatic rings. The van der Waals surface area contributed by atoms with Crippen LogP contribution in [0.3, 0.4) is 0 Å². The van der Waals surface area contributed by atoms with E-state index in [9.17, 15) is 4.79 Å². The van der Waals surface area contributed by atoms with Crippen LogP contribution in [0.5, 0.6) is 0 Å². The molecule has 0 aromatic rings. The molecule has 0 radical (unpaired) electrons. The Morgan fingerprint density at radius 2 is 2.14 bits per heavy atom. The Hall–Kier alpha value is -0.180. The molecule has 3 atom stereocenters. The summed E-state index contributed by atoms with van der Waals surface area (Å²) in [4.78, 5) is 11.3. The quantitative estimate of drug-likeness (QED) is 0.695. The number of rotatable bonds is 3. The van der Waals surface area contributed by atoms with Gasteiger partial charge in [0.1, 0.15) is 0 Å². The van der Waals surface area contributed by atoms with Crippen molar-refractivity contribution < 1.29 is 4.79 Å². The SMILES string of the molecule is CC(S)C(=O)NCC1CCCCC1C. The van der Waals surface area contributed by atoms with E-state index in [1.807, 2.05) is 6.92 Å². The molecule has 1 aliphatic carbocycles. The van der Waals surface area contributed by atoms with Crippen molar-refractivity contribution in [3.63, 3.8) is 0 Å². The number of carbonyl (C=O) groups is 1. The first-order valence-corrected chi connectivity index (χ1v) is 6.08. The van der Waals surface area contributed by atoms with Crippen molar-refractivity contribution >= 4 is 18.5 Å². The van der Waals surface area contributed by atoms with E-state index in [2.05, 4.69) is 24.9 Å². The minimum atomic E-state index is -0.186. The molecule has 0 aromatic heterocycles. The van der Waals surface area contributed by atoms with Crippen LogP contribution in [-0.2, 0) is 4.79 Å². The summed E-state index contributed by atoms with van der Waals surface area (Å²) in [6.45, 7) is 4.94. The molecule has 0 aromatic carbocycles. The van der Waals surface area contributed by atoms with Crippen molar-refractivity contribution in [1.82, 2.24) is 5.32 Å². The molecule has 0 spiro atoms. The van der Waals surface area contributed by atoms with Crippen molar-refractivity contribution in [2.45, 2.75) is 44.8 Å². The molecule has 0 bridgehead atoms. The summed E-state index contributed by atoms with van der Waals surface area (Å²) in [7, 11) is 0. The summed E-state index contributed by atoms with van der Waals surface area (Å²) in [5.41, 5.74) is 0. The summed E-state index contributed by atoms with van der Waals surface area (Å²) >= 11 is 4.10. The summed E-state index contributed by atoms with van der Waals surface area (Å²) in [5.74, 6) is 1.50. The molecular formula is C11H21NOS. The van der Waals surface area contributed by atoms with Gasteiger partial charge in [-0.15, -0.1) is 0 Å². The summed E-state index contributed by atoms with van der Waals surface area (Å²) in [6, 6.07) is 0. The number of thiol groups is 1. The van der Waals surface area contributed by atoms with Gasteiger partial charge in [-0.25, -0.2) is 0 Å². The van der Waals surface area contributed by atoms with Crippen molar-refractivity contribution in [2.75, 3.05) is 6.54 Å². The Morgan fingerprint density at radius 3 is 2.71 bits per heavy atom. The fourth-order valence-corrected chi connectivity index (χ4v) is 2.17. The van der Waals surface area contributed by atoms with E-state index in [-0.39, 0.29) is 11.2 Å². The minimum absolute atomic E-state index is 0.0612. The van der Waals surface area contributed by atoms with E-state index in [0.717, 1.165) is 12.5 Å². The van der Waals surface area contributed by atoms with Gasteiger partial charge >= 0.3 is 0 Å². The third-order valence-corrected chi connectivity index (χ3v) is 3.44. The van der Waals surface area contributed by atoms with E-state index >= 15 is 0 Å². The van der Waals surface area contributed by atoms with Crippen molar-refractivity contribution in [1.29, 1.82) is 0 Å². The second-order valence-electron chi connectivity index (χ2n) is 4.44. The highest BCUT2D eigenvalue weighted by Crippen LogP contribution is 2.28. The molecule has 0 aliphatic heterocycles. The van der Waals surface area contributed by atoms with E-state index in [0.29, 0.717) is 5.92 Å². The van der Waals surface area contributed by atoms with Crippen molar-refractivity contribution in [3.05, 3.63) is 0 Å². The molecule has 3 unspecified atom stereocenters. The summed E-state index contributed by atoms with van der Waals surface area (Å²) in [6.07, 6.45) is 5.26. The molecule has 1 N–H and O–H groups in total. The standard InChI is InChI=1S/C11H21NOS/c1-8-5-3-4-6-10(8)7-12-11(13)9(2)14/h8-10,14H,3-7H2,1-2H3,(H,12,13). The molecule has 1 amide bonds. The lowest BCUT2D eigenvalue weighted by atomic mass is 9.80. The van der Waals surface area contributed by atoms with Gasteiger partial charge in [0.2, 0.25) is 5.91 Å². The van der Waals surface area contributed by atoms with Gasteiger partial charge in [0.15, 0.2) is 0 Å². The predicted molar refractivity (Wildman–Crippen MR) is 62.6 cm³/mol. The number of nitrogens with one attached hydrogen (secondary N) is 1. The van der Waals surface area contributed by atoms with Crippen LogP contribution >= 0.6 is 12.6 Å². The normalized spacial score (nSPS) is 29.6. The second-order valence-corrected chi connectivity index (χ2v) is 5.22. The van der Waals surface area contributed by atoms with Crippen LogP contribution < -0.4 is 5.32 Å². The van der Waals surface area contributed by atoms with E-state index < -0.39 is 0 Å². The van der Waals surface area contributed by atoms with Crippen LogP contribution in [0.25, 0.3) is 0 Å². The smallest absolute Gasteiger partial charge is 0.232 e. The lowest BCUT2D eigenvalue weighted by molar-refractivity contribution is -0.120. The molecule has 0 saturated heterocycles. The Balaban J connectivity index is 2.26. The lowest BCUT2D eigenvalue weighted by Crippen LogP contribution is -2.36. The first-order valence-electron chi connectivity index (χ1n) is 5.57. The van der Waals surface area contributed by atoms with Crippen LogP contribution in [0.1, 0.15) is 39.5 Å². The van der Waals surface area contributed by atoms with Crippen molar-refractivity contribution in [3.8, 4) is 0 Å². The van der Waals surface area contributed by atoms with Crippen LogP contribution in [0.15, 0.2) is 0 Å². The van der Waals surface area contributed by atoms with Crippen molar-refractivity contribution in [2.24, 2.45) is 11.8 Å². The van der Waals surface area contributed by atoms with Gasteiger partial charge < -0.3 is 5.32 Å². The number of carbonyl (C=O) groups excluding carboxylic acids is 1. The monoisotopic (exact) mass is 215 g/mol. The highest BCUT2D eigenvalue weighted by Gasteiger charge is 2.21. The molecule has 1 saturated carbocycles. The molecule has 1 rings (SSSR count). The average Bonchev–Trinajstić information content (AvgIpc) is 2.16. The van der Waals surface area contributed by atoms with Gasteiger partial charge in [0.05, 0.1) is 5.25 Å². The molecule has 3 heteroatoms. The zero-order valence-electron chi connectivity index (χ0n) is 9.12. The summed E-state index contributed by atoms with van der Waals surface area (Å²) < 4.78 is 0. The highest BCUT2D eigenvalue weighted by molar-refractivity contribution is 7.81. The summed E-state index contributed by atoms with van der Waals surface area (Å²) in [5, 5.41) is 2.78. The van der Waals surface area contributed by atoms with E-state index in [1.54, 1.807) is 0 Å². The fourth-order valence-electron chi connectivity index (χ4n) is 2.08. The third-order valence-electron chi connectivity index (χ3n) is 3.21. The van der Waals surface area contributed by atoms with E-state index in [1.165, 1.54) is 25.7 Å². The second kappa shape index (κ2) is 5.64. The Labute approximate surface area is 92.2 Å². The predicted octanol–water partition coefficient (Wildman–Crippen LogP) is 2.25. The van der Waals surface area contributed by atoms with Gasteiger partial charge in [-0.2, -0.15) is 12.6 Å². The molecule has 0 heterocycles. The van der Waals surface area contributed by atoms with Crippen LogP contribution in [-0.4, -0.2) is 17.7 Å². The van der Waals surface area contributed by atoms with Crippen LogP contribution in [0.2, 0.25) is 0 Å². The lowest BCUT2D eigenvalue weighted by Gasteiger charge is -2.28. The first kappa shape index (κ1) is 11.9. The number of hydrogen-bond acceptors (Lipinski definition) is 2. The fraction of sp³-hybridized carbons (Fsp3) is 0.909. The maximum Gasteiger partial charge on any atom is 0.232 e. The molecule has 14 heavy (non-hydrogen) atoms. The molecule has 2 nitrogen and oxygen atoms in total. The number of hydrogen-bond donors (Lipinski definition) is 2. The Morgan fingerprint density at radius 1 is 1.50 bits per heavy atom.